The highest BCUT2D eigenvalue weighted by molar-refractivity contribution is 9.10. The van der Waals surface area contributed by atoms with Crippen LogP contribution >= 0.6 is 27.5 Å². The van der Waals surface area contributed by atoms with E-state index in [1.54, 1.807) is 0 Å². The molecule has 1 heterocycles. The van der Waals surface area contributed by atoms with Crippen LogP contribution in [0.25, 0.3) is 0 Å². The van der Waals surface area contributed by atoms with Crippen LogP contribution in [0.3, 0.4) is 0 Å². The van der Waals surface area contributed by atoms with Crippen molar-refractivity contribution in [3.05, 3.63) is 44.6 Å². The van der Waals surface area contributed by atoms with Gasteiger partial charge in [-0.1, -0.05) is 24.6 Å². The molecule has 1 aromatic heterocycles. The zero-order chi connectivity index (χ0) is 14.0. The Balaban J connectivity index is 2.16. The number of anilines is 1. The van der Waals surface area contributed by atoms with Crippen molar-refractivity contribution in [2.45, 2.75) is 26.8 Å². The summed E-state index contributed by atoms with van der Waals surface area (Å²) in [5, 5.41) is 8.56. The maximum absolute atomic E-state index is 6.33. The monoisotopic (exact) mass is 341 g/mol. The molecule has 0 aliphatic rings. The van der Waals surface area contributed by atoms with Crippen molar-refractivity contribution in [1.29, 1.82) is 0 Å². The summed E-state index contributed by atoms with van der Waals surface area (Å²) in [5.41, 5.74) is 4.24. The van der Waals surface area contributed by atoms with Crippen molar-refractivity contribution in [2.75, 3.05) is 5.32 Å². The first-order valence-electron chi connectivity index (χ1n) is 6.23. The number of halogens is 2. The quantitative estimate of drug-likeness (QED) is 0.897. The number of hydrogen-bond acceptors (Lipinski definition) is 2. The Morgan fingerprint density at radius 3 is 2.74 bits per heavy atom. The molecular weight excluding hydrogens is 326 g/mol. The lowest BCUT2D eigenvalue weighted by atomic mass is 10.2. The van der Waals surface area contributed by atoms with Gasteiger partial charge in [0.15, 0.2) is 0 Å². The van der Waals surface area contributed by atoms with Gasteiger partial charge in [0.05, 0.1) is 23.0 Å². The van der Waals surface area contributed by atoms with E-state index in [2.05, 4.69) is 58.4 Å². The molecule has 2 aromatic rings. The number of hydrogen-bond donors (Lipinski definition) is 1. The van der Waals surface area contributed by atoms with E-state index in [0.717, 1.165) is 33.0 Å². The first-order valence-corrected chi connectivity index (χ1v) is 7.40. The summed E-state index contributed by atoms with van der Waals surface area (Å²) < 4.78 is 2.90. The Hall–Kier alpha value is -1.000. The molecule has 0 saturated heterocycles. The van der Waals surface area contributed by atoms with Gasteiger partial charge in [-0.25, -0.2) is 0 Å². The minimum Gasteiger partial charge on any atom is -0.378 e. The van der Waals surface area contributed by atoms with Crippen molar-refractivity contribution in [3.8, 4) is 0 Å². The third kappa shape index (κ3) is 3.12. The highest BCUT2D eigenvalue weighted by Gasteiger charge is 2.12. The molecule has 0 fully saturated rings. The number of benzene rings is 1. The minimum absolute atomic E-state index is 0.657. The van der Waals surface area contributed by atoms with Crippen LogP contribution in [0.15, 0.2) is 22.7 Å². The molecule has 0 unspecified atom stereocenters. The number of nitrogens with zero attached hydrogens (tertiary/aromatic N) is 2. The highest BCUT2D eigenvalue weighted by Crippen LogP contribution is 2.26. The molecule has 0 atom stereocenters. The van der Waals surface area contributed by atoms with Gasteiger partial charge in [0.1, 0.15) is 0 Å². The number of aromatic nitrogens is 2. The van der Waals surface area contributed by atoms with Crippen LogP contribution in [0.5, 0.6) is 0 Å². The Labute approximate surface area is 127 Å². The molecule has 1 aromatic carbocycles. The molecule has 0 amide bonds. The van der Waals surface area contributed by atoms with Gasteiger partial charge in [-0.3, -0.25) is 4.68 Å². The first kappa shape index (κ1) is 14.4. The number of rotatable bonds is 4. The molecule has 0 bridgehead atoms. The first-order chi connectivity index (χ1) is 9.02. The van der Waals surface area contributed by atoms with E-state index in [4.69, 9.17) is 11.6 Å². The second kappa shape index (κ2) is 5.97. The molecule has 0 aliphatic heterocycles. The van der Waals surface area contributed by atoms with Gasteiger partial charge in [0.25, 0.3) is 0 Å². The van der Waals surface area contributed by atoms with Gasteiger partial charge in [0, 0.05) is 17.2 Å². The summed E-state index contributed by atoms with van der Waals surface area (Å²) >= 11 is 9.88. The Bertz CT molecular complexity index is 593. The van der Waals surface area contributed by atoms with Crippen molar-refractivity contribution in [3.63, 3.8) is 0 Å². The Morgan fingerprint density at radius 2 is 2.16 bits per heavy atom. The predicted octanol–water partition coefficient (Wildman–Crippen LogP) is 4.32. The maximum atomic E-state index is 6.33. The van der Waals surface area contributed by atoms with Crippen LogP contribution in [0.2, 0.25) is 5.02 Å². The van der Waals surface area contributed by atoms with Gasteiger partial charge >= 0.3 is 0 Å². The lowest BCUT2D eigenvalue weighted by Gasteiger charge is -2.10. The molecule has 3 nitrogen and oxygen atoms in total. The Morgan fingerprint density at radius 1 is 1.42 bits per heavy atom. The molecule has 0 spiro atoms. The lowest BCUT2D eigenvalue weighted by Crippen LogP contribution is -2.06. The van der Waals surface area contributed by atoms with Crippen molar-refractivity contribution in [2.24, 2.45) is 7.05 Å². The number of aryl methyl sites for hydroxylation is 3. The normalized spacial score (nSPS) is 10.8. The van der Waals surface area contributed by atoms with Crippen LogP contribution in [0.4, 0.5) is 5.69 Å². The largest absolute Gasteiger partial charge is 0.378 e. The van der Waals surface area contributed by atoms with Gasteiger partial charge in [-0.05, 0) is 47.0 Å². The van der Waals surface area contributed by atoms with Crippen LogP contribution in [0, 0.1) is 6.92 Å². The summed E-state index contributed by atoms with van der Waals surface area (Å²) in [4.78, 5) is 0. The summed E-state index contributed by atoms with van der Waals surface area (Å²) in [5.74, 6) is 0. The molecule has 0 saturated carbocycles. The van der Waals surface area contributed by atoms with Crippen molar-refractivity contribution >= 4 is 33.2 Å². The van der Waals surface area contributed by atoms with Crippen LogP contribution in [-0.4, -0.2) is 9.78 Å². The fraction of sp³-hybridized carbons (Fsp3) is 0.357. The molecule has 2 rings (SSSR count). The van der Waals surface area contributed by atoms with E-state index in [9.17, 15) is 0 Å². The van der Waals surface area contributed by atoms with E-state index in [-0.39, 0.29) is 0 Å². The van der Waals surface area contributed by atoms with Crippen molar-refractivity contribution in [1.82, 2.24) is 9.78 Å². The SMILES string of the molecule is CCc1nn(C)c(CNc2ccc(C)cc2Br)c1Cl. The summed E-state index contributed by atoms with van der Waals surface area (Å²) in [6.45, 7) is 4.78. The molecule has 0 radical (unpaired) electrons. The summed E-state index contributed by atoms with van der Waals surface area (Å²) in [7, 11) is 1.92. The zero-order valence-corrected chi connectivity index (χ0v) is 13.6. The summed E-state index contributed by atoms with van der Waals surface area (Å²) in [6, 6.07) is 6.23. The van der Waals surface area contributed by atoms with Crippen LogP contribution in [0.1, 0.15) is 23.9 Å². The van der Waals surface area contributed by atoms with Crippen LogP contribution in [-0.2, 0) is 20.0 Å². The second-order valence-electron chi connectivity index (χ2n) is 4.52. The van der Waals surface area contributed by atoms with Gasteiger partial charge in [0.2, 0.25) is 0 Å². The third-order valence-corrected chi connectivity index (χ3v) is 4.17. The van der Waals surface area contributed by atoms with Crippen molar-refractivity contribution < 1.29 is 0 Å². The third-order valence-electron chi connectivity index (χ3n) is 3.07. The standard InChI is InChI=1S/C14H17BrClN3/c1-4-11-14(16)13(19(3)18-11)8-17-12-6-5-9(2)7-10(12)15/h5-7,17H,4,8H2,1-3H3. The topological polar surface area (TPSA) is 29.9 Å². The smallest absolute Gasteiger partial charge is 0.0868 e. The fourth-order valence-electron chi connectivity index (χ4n) is 1.95. The predicted molar refractivity (Wildman–Crippen MR) is 83.8 cm³/mol. The molecule has 102 valence electrons. The van der Waals surface area contributed by atoms with Crippen LogP contribution < -0.4 is 5.32 Å². The fourth-order valence-corrected chi connectivity index (χ4v) is 2.95. The zero-order valence-electron chi connectivity index (χ0n) is 11.3. The van der Waals surface area contributed by atoms with Gasteiger partial charge in [-0.2, -0.15) is 5.10 Å². The summed E-state index contributed by atoms with van der Waals surface area (Å²) in [6.07, 6.45) is 0.848. The average Bonchev–Trinajstić information content (AvgIpc) is 2.64. The van der Waals surface area contributed by atoms with E-state index >= 15 is 0 Å². The van der Waals surface area contributed by atoms with E-state index < -0.39 is 0 Å². The lowest BCUT2D eigenvalue weighted by molar-refractivity contribution is 0.707. The molecule has 5 heteroatoms. The second-order valence-corrected chi connectivity index (χ2v) is 5.75. The molecule has 19 heavy (non-hydrogen) atoms. The molecule has 0 aliphatic carbocycles. The maximum Gasteiger partial charge on any atom is 0.0868 e. The minimum atomic E-state index is 0.657. The molecular formula is C14H17BrClN3. The van der Waals surface area contributed by atoms with E-state index in [1.165, 1.54) is 5.56 Å². The number of nitrogens with one attached hydrogen (secondary N) is 1. The van der Waals surface area contributed by atoms with E-state index in [1.807, 2.05) is 11.7 Å². The molecule has 1 N–H and O–H groups in total. The van der Waals surface area contributed by atoms with E-state index in [0.29, 0.717) is 6.54 Å². The highest BCUT2D eigenvalue weighted by atomic mass is 79.9. The van der Waals surface area contributed by atoms with Gasteiger partial charge in [-0.15, -0.1) is 0 Å². The Kier molecular flexibility index (Phi) is 4.53. The van der Waals surface area contributed by atoms with Gasteiger partial charge < -0.3 is 5.32 Å². The average molecular weight is 343 g/mol.